The first-order valence-electron chi connectivity index (χ1n) is 6.12. The standard InChI is InChI=1S/C14H18O3/c1-2-17-14(16)8-10-3-4-11-5-6-12(9-15)13(11)7-10/h3-4,7,12,15H,2,5-6,8-9H2,1H3. The Hall–Kier alpha value is -1.35. The van der Waals surface area contributed by atoms with Crippen molar-refractivity contribution in [3.63, 3.8) is 0 Å². The van der Waals surface area contributed by atoms with E-state index < -0.39 is 0 Å². The van der Waals surface area contributed by atoms with Crippen LogP contribution < -0.4 is 0 Å². The fraction of sp³-hybridized carbons (Fsp3) is 0.500. The van der Waals surface area contributed by atoms with E-state index in [2.05, 4.69) is 6.07 Å². The number of carbonyl (C=O) groups is 1. The van der Waals surface area contributed by atoms with Gasteiger partial charge in [-0.25, -0.2) is 0 Å². The molecule has 92 valence electrons. The number of aliphatic hydroxyl groups excluding tert-OH is 1. The van der Waals surface area contributed by atoms with Gasteiger partial charge in [0.15, 0.2) is 0 Å². The Balaban J connectivity index is 2.13. The highest BCUT2D eigenvalue weighted by atomic mass is 16.5. The Morgan fingerprint density at radius 2 is 2.35 bits per heavy atom. The van der Waals surface area contributed by atoms with Crippen LogP contribution in [0.3, 0.4) is 0 Å². The van der Waals surface area contributed by atoms with E-state index in [1.807, 2.05) is 19.1 Å². The largest absolute Gasteiger partial charge is 0.466 e. The van der Waals surface area contributed by atoms with Crippen LogP contribution in [0.2, 0.25) is 0 Å². The first-order valence-corrected chi connectivity index (χ1v) is 6.12. The van der Waals surface area contributed by atoms with Crippen molar-refractivity contribution < 1.29 is 14.6 Å². The maximum absolute atomic E-state index is 11.4. The lowest BCUT2D eigenvalue weighted by Gasteiger charge is -2.09. The minimum Gasteiger partial charge on any atom is -0.466 e. The third kappa shape index (κ3) is 2.67. The molecule has 2 rings (SSSR count). The van der Waals surface area contributed by atoms with Crippen molar-refractivity contribution in [2.45, 2.75) is 32.1 Å². The third-order valence-corrected chi connectivity index (χ3v) is 3.29. The lowest BCUT2D eigenvalue weighted by Crippen LogP contribution is -2.08. The average Bonchev–Trinajstić information content (AvgIpc) is 2.71. The fourth-order valence-electron chi connectivity index (χ4n) is 2.42. The van der Waals surface area contributed by atoms with Crippen LogP contribution in [-0.4, -0.2) is 24.3 Å². The molecule has 1 aromatic rings. The number of aliphatic hydroxyl groups is 1. The summed E-state index contributed by atoms with van der Waals surface area (Å²) >= 11 is 0. The first-order chi connectivity index (χ1) is 8.24. The van der Waals surface area contributed by atoms with E-state index in [4.69, 9.17) is 4.74 Å². The zero-order valence-corrected chi connectivity index (χ0v) is 10.1. The van der Waals surface area contributed by atoms with Crippen molar-refractivity contribution in [1.82, 2.24) is 0 Å². The van der Waals surface area contributed by atoms with Crippen molar-refractivity contribution in [3.05, 3.63) is 34.9 Å². The van der Waals surface area contributed by atoms with Crippen molar-refractivity contribution >= 4 is 5.97 Å². The van der Waals surface area contributed by atoms with Gasteiger partial charge in [-0.05, 0) is 36.5 Å². The van der Waals surface area contributed by atoms with Gasteiger partial charge in [0.1, 0.15) is 0 Å². The van der Waals surface area contributed by atoms with Gasteiger partial charge in [0.2, 0.25) is 0 Å². The second-order valence-corrected chi connectivity index (χ2v) is 4.43. The van der Waals surface area contributed by atoms with E-state index in [-0.39, 0.29) is 18.5 Å². The van der Waals surface area contributed by atoms with Crippen LogP contribution in [0.1, 0.15) is 36.0 Å². The predicted molar refractivity (Wildman–Crippen MR) is 64.9 cm³/mol. The first kappa shape index (κ1) is 12.1. The summed E-state index contributed by atoms with van der Waals surface area (Å²) in [6.45, 7) is 2.42. The van der Waals surface area contributed by atoms with Gasteiger partial charge in [0, 0.05) is 12.5 Å². The van der Waals surface area contributed by atoms with Crippen molar-refractivity contribution in [2.75, 3.05) is 13.2 Å². The van der Waals surface area contributed by atoms with Crippen LogP contribution in [0.15, 0.2) is 18.2 Å². The SMILES string of the molecule is CCOC(=O)Cc1ccc2c(c1)C(CO)CC2. The second-order valence-electron chi connectivity index (χ2n) is 4.43. The normalized spacial score (nSPS) is 17.9. The monoisotopic (exact) mass is 234 g/mol. The zero-order valence-electron chi connectivity index (χ0n) is 10.1. The maximum atomic E-state index is 11.4. The molecule has 3 heteroatoms. The summed E-state index contributed by atoms with van der Waals surface area (Å²) < 4.78 is 4.93. The van der Waals surface area contributed by atoms with Gasteiger partial charge in [-0.2, -0.15) is 0 Å². The highest BCUT2D eigenvalue weighted by Crippen LogP contribution is 2.33. The number of fused-ring (bicyclic) bond motifs is 1. The number of ether oxygens (including phenoxy) is 1. The Kier molecular flexibility index (Phi) is 3.79. The van der Waals surface area contributed by atoms with Crippen molar-refractivity contribution in [1.29, 1.82) is 0 Å². The summed E-state index contributed by atoms with van der Waals surface area (Å²) in [5, 5.41) is 9.28. The molecule has 0 aliphatic heterocycles. The molecule has 3 nitrogen and oxygen atoms in total. The molecule has 1 aliphatic carbocycles. The number of rotatable bonds is 4. The maximum Gasteiger partial charge on any atom is 0.310 e. The average molecular weight is 234 g/mol. The minimum atomic E-state index is -0.189. The molecule has 1 aliphatic rings. The van der Waals surface area contributed by atoms with E-state index in [0.29, 0.717) is 13.0 Å². The molecule has 1 atom stereocenters. The Morgan fingerprint density at radius 3 is 3.06 bits per heavy atom. The lowest BCUT2D eigenvalue weighted by molar-refractivity contribution is -0.142. The van der Waals surface area contributed by atoms with E-state index in [1.165, 1.54) is 11.1 Å². The lowest BCUT2D eigenvalue weighted by atomic mass is 9.99. The highest BCUT2D eigenvalue weighted by molar-refractivity contribution is 5.72. The molecular weight excluding hydrogens is 216 g/mol. The minimum absolute atomic E-state index is 0.189. The van der Waals surface area contributed by atoms with Crippen LogP contribution in [0, 0.1) is 0 Å². The molecule has 1 unspecified atom stereocenters. The van der Waals surface area contributed by atoms with Crippen LogP contribution in [0.4, 0.5) is 0 Å². The fourth-order valence-corrected chi connectivity index (χ4v) is 2.42. The van der Waals surface area contributed by atoms with Crippen molar-refractivity contribution in [2.24, 2.45) is 0 Å². The number of hydrogen-bond donors (Lipinski definition) is 1. The van der Waals surface area contributed by atoms with Crippen molar-refractivity contribution in [3.8, 4) is 0 Å². The van der Waals surface area contributed by atoms with Gasteiger partial charge >= 0.3 is 5.97 Å². The molecule has 0 aromatic heterocycles. The van der Waals surface area contributed by atoms with Crippen LogP contribution in [0.25, 0.3) is 0 Å². The van der Waals surface area contributed by atoms with E-state index in [0.717, 1.165) is 18.4 Å². The van der Waals surface area contributed by atoms with Gasteiger partial charge in [-0.1, -0.05) is 18.2 Å². The molecule has 0 amide bonds. The predicted octanol–water partition coefficient (Wildman–Crippen LogP) is 1.81. The summed E-state index contributed by atoms with van der Waals surface area (Å²) in [7, 11) is 0. The van der Waals surface area contributed by atoms with Gasteiger partial charge in [-0.15, -0.1) is 0 Å². The molecule has 17 heavy (non-hydrogen) atoms. The molecule has 0 saturated carbocycles. The molecule has 1 aromatic carbocycles. The van der Waals surface area contributed by atoms with E-state index in [9.17, 15) is 9.90 Å². The number of benzene rings is 1. The molecule has 0 fully saturated rings. The van der Waals surface area contributed by atoms with E-state index >= 15 is 0 Å². The quantitative estimate of drug-likeness (QED) is 0.808. The summed E-state index contributed by atoms with van der Waals surface area (Å²) in [5.74, 6) is 0.0538. The molecular formula is C14H18O3. The smallest absolute Gasteiger partial charge is 0.310 e. The molecule has 0 spiro atoms. The summed E-state index contributed by atoms with van der Waals surface area (Å²) in [6, 6.07) is 6.09. The number of carbonyl (C=O) groups excluding carboxylic acids is 1. The highest BCUT2D eigenvalue weighted by Gasteiger charge is 2.22. The zero-order chi connectivity index (χ0) is 12.3. The van der Waals surface area contributed by atoms with Crippen LogP contribution in [-0.2, 0) is 22.4 Å². The molecule has 0 bridgehead atoms. The third-order valence-electron chi connectivity index (χ3n) is 3.29. The summed E-state index contributed by atoms with van der Waals surface area (Å²) in [4.78, 5) is 11.4. The molecule has 0 heterocycles. The summed E-state index contributed by atoms with van der Waals surface area (Å²) in [6.07, 6.45) is 2.36. The van der Waals surface area contributed by atoms with Gasteiger partial charge in [0.05, 0.1) is 13.0 Å². The van der Waals surface area contributed by atoms with Gasteiger partial charge in [0.25, 0.3) is 0 Å². The molecule has 0 radical (unpaired) electrons. The topological polar surface area (TPSA) is 46.5 Å². The number of esters is 1. The number of hydrogen-bond acceptors (Lipinski definition) is 3. The van der Waals surface area contributed by atoms with Gasteiger partial charge in [-0.3, -0.25) is 4.79 Å². The van der Waals surface area contributed by atoms with E-state index in [1.54, 1.807) is 0 Å². The molecule has 0 saturated heterocycles. The Morgan fingerprint density at radius 1 is 1.53 bits per heavy atom. The van der Waals surface area contributed by atoms with Crippen LogP contribution in [0.5, 0.6) is 0 Å². The Bertz CT molecular complexity index is 412. The number of aryl methyl sites for hydroxylation is 1. The van der Waals surface area contributed by atoms with Crippen LogP contribution >= 0.6 is 0 Å². The summed E-state index contributed by atoms with van der Waals surface area (Å²) in [5.41, 5.74) is 3.48. The second kappa shape index (κ2) is 5.32. The Labute approximate surface area is 101 Å². The molecule has 1 N–H and O–H groups in total. The van der Waals surface area contributed by atoms with Gasteiger partial charge < -0.3 is 9.84 Å².